The fraction of sp³-hybridized carbons (Fsp3) is 0.286. The molecule has 1 atom stereocenters. The predicted octanol–water partition coefficient (Wildman–Crippen LogP) is 3.25. The number of aryl methyl sites for hydroxylation is 1. The first-order chi connectivity index (χ1) is 12.5. The van der Waals surface area contributed by atoms with E-state index in [1.165, 1.54) is 4.90 Å². The minimum atomic E-state index is -0.278. The summed E-state index contributed by atoms with van der Waals surface area (Å²) in [6.45, 7) is 4.21. The van der Waals surface area contributed by atoms with Gasteiger partial charge in [-0.15, -0.1) is 0 Å². The van der Waals surface area contributed by atoms with Gasteiger partial charge in [0.15, 0.2) is 0 Å². The summed E-state index contributed by atoms with van der Waals surface area (Å²) >= 11 is 0. The molecule has 2 aromatic rings. The van der Waals surface area contributed by atoms with E-state index in [2.05, 4.69) is 5.32 Å². The lowest BCUT2D eigenvalue weighted by Gasteiger charge is -2.17. The molecule has 3 amide bonds. The number of fused-ring (bicyclic) bond motifs is 1. The highest BCUT2D eigenvalue weighted by molar-refractivity contribution is 6.21. The van der Waals surface area contributed by atoms with E-state index in [4.69, 9.17) is 0 Å². The summed E-state index contributed by atoms with van der Waals surface area (Å²) in [7, 11) is 0. The van der Waals surface area contributed by atoms with Crippen molar-refractivity contribution in [1.82, 2.24) is 10.2 Å². The van der Waals surface area contributed by atoms with Gasteiger partial charge in [0.25, 0.3) is 11.8 Å². The van der Waals surface area contributed by atoms with Crippen molar-refractivity contribution in [3.8, 4) is 0 Å². The number of hydrogen-bond donors (Lipinski definition) is 1. The van der Waals surface area contributed by atoms with Gasteiger partial charge < -0.3 is 5.32 Å². The third-order valence-corrected chi connectivity index (χ3v) is 4.70. The molecule has 5 nitrogen and oxygen atoms in total. The summed E-state index contributed by atoms with van der Waals surface area (Å²) in [6, 6.07) is 14.7. The van der Waals surface area contributed by atoms with Crippen molar-refractivity contribution in [2.75, 3.05) is 6.54 Å². The van der Waals surface area contributed by atoms with Gasteiger partial charge in [-0.1, -0.05) is 36.4 Å². The number of imide groups is 1. The lowest BCUT2D eigenvalue weighted by Crippen LogP contribution is -2.32. The van der Waals surface area contributed by atoms with Gasteiger partial charge in [0.2, 0.25) is 5.91 Å². The molecule has 1 N–H and O–H groups in total. The number of carbonyl (C=O) groups excluding carboxylic acids is 3. The molecular formula is C21H22N2O3. The lowest BCUT2D eigenvalue weighted by molar-refractivity contribution is -0.121. The zero-order valence-electron chi connectivity index (χ0n) is 15.0. The van der Waals surface area contributed by atoms with Crippen LogP contribution in [-0.4, -0.2) is 29.2 Å². The Morgan fingerprint density at radius 2 is 1.58 bits per heavy atom. The second-order valence-electron chi connectivity index (χ2n) is 6.56. The average Bonchev–Trinajstić information content (AvgIpc) is 2.87. The Balaban J connectivity index is 1.51. The van der Waals surface area contributed by atoms with Gasteiger partial charge in [0.1, 0.15) is 0 Å². The van der Waals surface area contributed by atoms with E-state index in [0.29, 0.717) is 17.5 Å². The van der Waals surface area contributed by atoms with Crippen LogP contribution in [0.4, 0.5) is 0 Å². The van der Waals surface area contributed by atoms with Crippen LogP contribution in [0.2, 0.25) is 0 Å². The molecule has 0 bridgehead atoms. The molecule has 5 heteroatoms. The maximum Gasteiger partial charge on any atom is 0.261 e. The zero-order valence-corrected chi connectivity index (χ0v) is 15.0. The molecule has 3 rings (SSSR count). The normalized spacial score (nSPS) is 14.3. The molecule has 1 aliphatic rings. The number of carbonyl (C=O) groups is 3. The number of nitrogens with one attached hydrogen (secondary N) is 1. The predicted molar refractivity (Wildman–Crippen MR) is 98.8 cm³/mol. The van der Waals surface area contributed by atoms with Gasteiger partial charge >= 0.3 is 0 Å². The average molecular weight is 350 g/mol. The molecule has 0 saturated heterocycles. The Morgan fingerprint density at radius 3 is 2.19 bits per heavy atom. The second kappa shape index (κ2) is 7.52. The van der Waals surface area contributed by atoms with E-state index in [1.807, 2.05) is 38.1 Å². The molecule has 134 valence electrons. The van der Waals surface area contributed by atoms with E-state index >= 15 is 0 Å². The van der Waals surface area contributed by atoms with Gasteiger partial charge in [-0.25, -0.2) is 0 Å². The molecule has 0 saturated carbocycles. The Morgan fingerprint density at radius 1 is 1.00 bits per heavy atom. The maximum atomic E-state index is 12.3. The van der Waals surface area contributed by atoms with Crippen LogP contribution in [-0.2, 0) is 4.79 Å². The van der Waals surface area contributed by atoms with E-state index < -0.39 is 0 Å². The number of amides is 3. The van der Waals surface area contributed by atoms with Crippen LogP contribution in [0.15, 0.2) is 48.5 Å². The van der Waals surface area contributed by atoms with Gasteiger partial charge in [-0.3, -0.25) is 19.3 Å². The number of benzene rings is 2. The standard InChI is InChI=1S/C21H22N2O3/c1-14-8-3-4-9-16(14)15(2)22-19(24)12-7-13-23-20(25)17-10-5-6-11-18(17)21(23)26/h3-6,8-11,15H,7,12-13H2,1-2H3,(H,22,24)/t15-/m0/s1. The highest BCUT2D eigenvalue weighted by atomic mass is 16.2. The lowest BCUT2D eigenvalue weighted by atomic mass is 10.0. The molecule has 26 heavy (non-hydrogen) atoms. The van der Waals surface area contributed by atoms with Crippen molar-refractivity contribution < 1.29 is 14.4 Å². The smallest absolute Gasteiger partial charge is 0.261 e. The fourth-order valence-electron chi connectivity index (χ4n) is 3.30. The van der Waals surface area contributed by atoms with Crippen LogP contribution < -0.4 is 5.32 Å². The Bertz CT molecular complexity index is 825. The Labute approximate surface area is 153 Å². The van der Waals surface area contributed by atoms with Gasteiger partial charge in [-0.2, -0.15) is 0 Å². The molecule has 1 aliphatic heterocycles. The molecule has 0 spiro atoms. The summed E-state index contributed by atoms with van der Waals surface area (Å²) in [6.07, 6.45) is 0.710. The summed E-state index contributed by atoms with van der Waals surface area (Å²) in [5.74, 6) is -0.643. The Kier molecular flexibility index (Phi) is 5.16. The van der Waals surface area contributed by atoms with Crippen LogP contribution in [0.5, 0.6) is 0 Å². The van der Waals surface area contributed by atoms with Gasteiger partial charge in [0, 0.05) is 13.0 Å². The van der Waals surface area contributed by atoms with Crippen molar-refractivity contribution in [3.05, 3.63) is 70.8 Å². The number of nitrogens with zero attached hydrogens (tertiary/aromatic N) is 1. The third-order valence-electron chi connectivity index (χ3n) is 4.70. The summed E-state index contributed by atoms with van der Waals surface area (Å²) in [5, 5.41) is 2.97. The van der Waals surface area contributed by atoms with Crippen LogP contribution in [0.25, 0.3) is 0 Å². The number of hydrogen-bond acceptors (Lipinski definition) is 3. The SMILES string of the molecule is Cc1ccccc1[C@H](C)NC(=O)CCCN1C(=O)c2ccccc2C1=O. The van der Waals surface area contributed by atoms with Crippen LogP contribution in [0, 0.1) is 6.92 Å². The molecule has 0 radical (unpaired) electrons. The molecule has 1 heterocycles. The molecule has 0 fully saturated rings. The molecule has 2 aromatic carbocycles. The third kappa shape index (κ3) is 3.52. The first-order valence-corrected chi connectivity index (χ1v) is 8.79. The summed E-state index contributed by atoms with van der Waals surface area (Å²) in [5.41, 5.74) is 3.10. The minimum absolute atomic E-state index is 0.0806. The monoisotopic (exact) mass is 350 g/mol. The van der Waals surface area contributed by atoms with E-state index in [1.54, 1.807) is 24.3 Å². The van der Waals surface area contributed by atoms with Crippen molar-refractivity contribution in [2.45, 2.75) is 32.7 Å². The molecule has 0 aliphatic carbocycles. The highest BCUT2D eigenvalue weighted by Crippen LogP contribution is 2.22. The zero-order chi connectivity index (χ0) is 18.7. The van der Waals surface area contributed by atoms with Crippen LogP contribution >= 0.6 is 0 Å². The first kappa shape index (κ1) is 17.9. The number of rotatable bonds is 6. The van der Waals surface area contributed by atoms with Crippen molar-refractivity contribution >= 4 is 17.7 Å². The van der Waals surface area contributed by atoms with E-state index in [-0.39, 0.29) is 36.7 Å². The second-order valence-corrected chi connectivity index (χ2v) is 6.56. The van der Waals surface area contributed by atoms with Gasteiger partial charge in [-0.05, 0) is 43.5 Å². The summed E-state index contributed by atoms with van der Waals surface area (Å²) in [4.78, 5) is 38.0. The van der Waals surface area contributed by atoms with Crippen LogP contribution in [0.3, 0.4) is 0 Å². The van der Waals surface area contributed by atoms with Crippen molar-refractivity contribution in [3.63, 3.8) is 0 Å². The fourth-order valence-corrected chi connectivity index (χ4v) is 3.30. The molecule has 0 aromatic heterocycles. The van der Waals surface area contributed by atoms with Crippen molar-refractivity contribution in [1.29, 1.82) is 0 Å². The first-order valence-electron chi connectivity index (χ1n) is 8.79. The van der Waals surface area contributed by atoms with Gasteiger partial charge in [0.05, 0.1) is 17.2 Å². The Hall–Kier alpha value is -2.95. The maximum absolute atomic E-state index is 12.3. The summed E-state index contributed by atoms with van der Waals surface area (Å²) < 4.78 is 0. The van der Waals surface area contributed by atoms with Crippen LogP contribution in [0.1, 0.15) is 57.7 Å². The van der Waals surface area contributed by atoms with E-state index in [0.717, 1.165) is 11.1 Å². The topological polar surface area (TPSA) is 66.5 Å². The molecule has 0 unspecified atom stereocenters. The minimum Gasteiger partial charge on any atom is -0.350 e. The largest absolute Gasteiger partial charge is 0.350 e. The van der Waals surface area contributed by atoms with Crippen molar-refractivity contribution in [2.24, 2.45) is 0 Å². The van der Waals surface area contributed by atoms with E-state index in [9.17, 15) is 14.4 Å². The molecular weight excluding hydrogens is 328 g/mol. The highest BCUT2D eigenvalue weighted by Gasteiger charge is 2.34. The quantitative estimate of drug-likeness (QED) is 0.813.